The average Bonchev–Trinajstić information content (AvgIpc) is 2.66. The van der Waals surface area contributed by atoms with E-state index >= 15 is 0 Å². The minimum Gasteiger partial charge on any atom is -0.507 e. The highest BCUT2D eigenvalue weighted by Gasteiger charge is 2.14. The van der Waals surface area contributed by atoms with Gasteiger partial charge in [0.05, 0.1) is 0 Å². The second-order valence-corrected chi connectivity index (χ2v) is 6.96. The molecule has 0 saturated carbocycles. The first-order valence-corrected chi connectivity index (χ1v) is 9.04. The maximum Gasteiger partial charge on any atom is 0.121 e. The Morgan fingerprint density at radius 2 is 1.00 bits per heavy atom. The van der Waals surface area contributed by atoms with Gasteiger partial charge in [0.2, 0.25) is 0 Å². The largest absolute Gasteiger partial charge is 0.507 e. The van der Waals surface area contributed by atoms with Crippen LogP contribution in [0, 0.1) is 0 Å². The van der Waals surface area contributed by atoms with E-state index in [0.29, 0.717) is 17.6 Å². The number of phenolic OH excluding ortho intramolecular Hbond substituents is 1. The Morgan fingerprint density at radius 1 is 0.600 bits per heavy atom. The van der Waals surface area contributed by atoms with Crippen molar-refractivity contribution in [3.8, 4) is 5.75 Å². The van der Waals surface area contributed by atoms with Crippen molar-refractivity contribution >= 4 is 0 Å². The van der Waals surface area contributed by atoms with Crippen LogP contribution in [0.1, 0.15) is 47.9 Å². The van der Waals surface area contributed by atoms with E-state index in [1.54, 1.807) is 0 Å². The molecule has 3 aromatic rings. The van der Waals surface area contributed by atoms with Gasteiger partial charge in [0, 0.05) is 0 Å². The molecule has 1 nitrogen and oxygen atoms in total. The van der Waals surface area contributed by atoms with E-state index in [-0.39, 0.29) is 0 Å². The lowest BCUT2D eigenvalue weighted by Crippen LogP contribution is -2.02. The molecule has 0 aliphatic carbocycles. The molecule has 0 aliphatic rings. The highest BCUT2D eigenvalue weighted by atomic mass is 16.3. The fourth-order valence-electron chi connectivity index (χ4n) is 3.43. The highest BCUT2D eigenvalue weighted by molar-refractivity contribution is 5.42. The van der Waals surface area contributed by atoms with Crippen LogP contribution in [0.5, 0.6) is 5.75 Å². The molecule has 1 N–H and O–H groups in total. The quantitative estimate of drug-likeness (QED) is 0.580. The second kappa shape index (κ2) is 8.02. The third kappa shape index (κ3) is 4.30. The van der Waals surface area contributed by atoms with Gasteiger partial charge >= 0.3 is 0 Å². The molecule has 3 rings (SSSR count). The average molecular weight is 330 g/mol. The van der Waals surface area contributed by atoms with Gasteiger partial charge in [-0.1, -0.05) is 92.7 Å². The van der Waals surface area contributed by atoms with Crippen molar-refractivity contribution in [1.29, 1.82) is 0 Å². The van der Waals surface area contributed by atoms with E-state index in [1.807, 2.05) is 24.3 Å². The van der Waals surface area contributed by atoms with Crippen LogP contribution in [0.2, 0.25) is 0 Å². The van der Waals surface area contributed by atoms with Crippen molar-refractivity contribution in [2.45, 2.75) is 38.5 Å². The predicted octanol–water partition coefficient (Wildman–Crippen LogP) is 6.08. The Morgan fingerprint density at radius 3 is 1.40 bits per heavy atom. The zero-order valence-electron chi connectivity index (χ0n) is 15.0. The van der Waals surface area contributed by atoms with Gasteiger partial charge in [0.25, 0.3) is 0 Å². The lowest BCUT2D eigenvalue weighted by molar-refractivity contribution is 0.456. The molecule has 128 valence electrons. The van der Waals surface area contributed by atoms with Gasteiger partial charge in [0.1, 0.15) is 5.75 Å². The van der Waals surface area contributed by atoms with Gasteiger partial charge in [-0.3, -0.25) is 0 Å². The van der Waals surface area contributed by atoms with E-state index in [4.69, 9.17) is 0 Å². The molecule has 0 radical (unpaired) electrons. The molecule has 2 unspecified atom stereocenters. The fraction of sp³-hybridized carbons (Fsp3) is 0.250. The summed E-state index contributed by atoms with van der Waals surface area (Å²) in [7, 11) is 0. The minimum atomic E-state index is 0.383. The van der Waals surface area contributed by atoms with Crippen LogP contribution in [-0.4, -0.2) is 5.11 Å². The molecule has 0 fully saturated rings. The number of benzene rings is 3. The van der Waals surface area contributed by atoms with Gasteiger partial charge in [-0.25, -0.2) is 0 Å². The van der Waals surface area contributed by atoms with Crippen LogP contribution in [0.25, 0.3) is 0 Å². The van der Waals surface area contributed by atoms with Crippen molar-refractivity contribution in [2.24, 2.45) is 0 Å². The Kier molecular flexibility index (Phi) is 5.55. The topological polar surface area (TPSA) is 20.2 Å². The van der Waals surface area contributed by atoms with Gasteiger partial charge in [-0.15, -0.1) is 0 Å². The Hall–Kier alpha value is -2.54. The summed E-state index contributed by atoms with van der Waals surface area (Å²) in [4.78, 5) is 0. The van der Waals surface area contributed by atoms with Crippen LogP contribution in [0.4, 0.5) is 0 Å². The van der Waals surface area contributed by atoms with Crippen LogP contribution in [0.3, 0.4) is 0 Å². The SMILES string of the molecule is CC(Cc1cccc(CC(C)c2ccccc2)c1O)c1ccccc1. The lowest BCUT2D eigenvalue weighted by atomic mass is 9.89. The van der Waals surface area contributed by atoms with Crippen LogP contribution in [0.15, 0.2) is 78.9 Å². The van der Waals surface area contributed by atoms with Crippen LogP contribution >= 0.6 is 0 Å². The Balaban J connectivity index is 1.76. The molecular formula is C24H26O. The van der Waals surface area contributed by atoms with E-state index < -0.39 is 0 Å². The summed E-state index contributed by atoms with van der Waals surface area (Å²) >= 11 is 0. The molecule has 0 heterocycles. The molecule has 0 bridgehead atoms. The summed E-state index contributed by atoms with van der Waals surface area (Å²) in [6.45, 7) is 4.43. The number of aromatic hydroxyl groups is 1. The number of rotatable bonds is 6. The van der Waals surface area contributed by atoms with Gasteiger partial charge in [-0.05, 0) is 46.9 Å². The van der Waals surface area contributed by atoms with Crippen LogP contribution < -0.4 is 0 Å². The fourth-order valence-corrected chi connectivity index (χ4v) is 3.43. The molecule has 0 saturated heterocycles. The zero-order valence-corrected chi connectivity index (χ0v) is 15.0. The van der Waals surface area contributed by atoms with Crippen molar-refractivity contribution in [3.05, 3.63) is 101 Å². The molecule has 0 aliphatic heterocycles. The number of para-hydroxylation sites is 1. The normalized spacial score (nSPS) is 13.4. The third-order valence-corrected chi connectivity index (χ3v) is 4.99. The van der Waals surface area contributed by atoms with E-state index in [2.05, 4.69) is 68.4 Å². The molecule has 25 heavy (non-hydrogen) atoms. The third-order valence-electron chi connectivity index (χ3n) is 4.99. The maximum atomic E-state index is 10.8. The van der Waals surface area contributed by atoms with Crippen molar-refractivity contribution < 1.29 is 5.11 Å². The highest BCUT2D eigenvalue weighted by Crippen LogP contribution is 2.31. The first kappa shape index (κ1) is 17.3. The molecule has 1 heteroatoms. The first-order chi connectivity index (χ1) is 12.1. The summed E-state index contributed by atoms with van der Waals surface area (Å²) in [5, 5.41) is 10.8. The standard InChI is InChI=1S/C24H26O/c1-18(20-10-5-3-6-11-20)16-22-14-9-15-23(24(22)25)17-19(2)21-12-7-4-8-13-21/h3-15,18-19,25H,16-17H2,1-2H3. The van der Waals surface area contributed by atoms with E-state index in [1.165, 1.54) is 11.1 Å². The van der Waals surface area contributed by atoms with Crippen molar-refractivity contribution in [2.75, 3.05) is 0 Å². The Labute approximate surface area is 151 Å². The molecular weight excluding hydrogens is 304 g/mol. The second-order valence-electron chi connectivity index (χ2n) is 6.96. The van der Waals surface area contributed by atoms with Gasteiger partial charge < -0.3 is 5.11 Å². The summed E-state index contributed by atoms with van der Waals surface area (Å²) in [5.41, 5.74) is 4.69. The summed E-state index contributed by atoms with van der Waals surface area (Å²) in [5.74, 6) is 1.23. The first-order valence-electron chi connectivity index (χ1n) is 9.04. The lowest BCUT2D eigenvalue weighted by Gasteiger charge is -2.17. The molecule has 3 aromatic carbocycles. The molecule has 0 amide bonds. The maximum absolute atomic E-state index is 10.8. The van der Waals surface area contributed by atoms with E-state index in [9.17, 15) is 5.11 Å². The zero-order chi connectivity index (χ0) is 17.6. The Bertz CT molecular complexity index is 727. The number of phenols is 1. The molecule has 2 atom stereocenters. The monoisotopic (exact) mass is 330 g/mol. The number of hydrogen-bond acceptors (Lipinski definition) is 1. The number of hydrogen-bond donors (Lipinski definition) is 1. The van der Waals surface area contributed by atoms with Gasteiger partial charge in [0.15, 0.2) is 0 Å². The molecule has 0 aromatic heterocycles. The van der Waals surface area contributed by atoms with Crippen molar-refractivity contribution in [3.63, 3.8) is 0 Å². The van der Waals surface area contributed by atoms with Crippen LogP contribution in [-0.2, 0) is 12.8 Å². The van der Waals surface area contributed by atoms with Crippen molar-refractivity contribution in [1.82, 2.24) is 0 Å². The summed E-state index contributed by atoms with van der Waals surface area (Å²) in [6, 6.07) is 27.2. The molecule has 0 spiro atoms. The smallest absolute Gasteiger partial charge is 0.121 e. The summed E-state index contributed by atoms with van der Waals surface area (Å²) < 4.78 is 0. The minimum absolute atomic E-state index is 0.383. The van der Waals surface area contributed by atoms with Gasteiger partial charge in [-0.2, -0.15) is 0 Å². The van der Waals surface area contributed by atoms with E-state index in [0.717, 1.165) is 24.0 Å². The predicted molar refractivity (Wildman–Crippen MR) is 105 cm³/mol. The summed E-state index contributed by atoms with van der Waals surface area (Å²) in [6.07, 6.45) is 1.70.